The van der Waals surface area contributed by atoms with Crippen molar-refractivity contribution in [3.05, 3.63) is 28.2 Å². The van der Waals surface area contributed by atoms with Gasteiger partial charge in [0.2, 0.25) is 0 Å². The molecule has 0 aliphatic heterocycles. The van der Waals surface area contributed by atoms with Gasteiger partial charge in [-0.05, 0) is 18.2 Å². The van der Waals surface area contributed by atoms with E-state index in [1.807, 2.05) is 0 Å². The van der Waals surface area contributed by atoms with Crippen molar-refractivity contribution in [2.75, 3.05) is 11.9 Å². The number of halogens is 2. The monoisotopic (exact) mass is 271 g/mol. The number of carbonyl (C=O) groups excluding carboxylic acids is 2. The van der Waals surface area contributed by atoms with Gasteiger partial charge in [-0.2, -0.15) is 5.26 Å². The van der Waals surface area contributed by atoms with Crippen LogP contribution in [-0.2, 0) is 9.59 Å². The first-order chi connectivity index (χ1) is 8.02. The molecular formula is C10H7Cl2N3O2. The molecule has 0 aliphatic carbocycles. The number of rotatable bonds is 2. The Kier molecular flexibility index (Phi) is 4.76. The summed E-state index contributed by atoms with van der Waals surface area (Å²) in [5.41, 5.74) is 0.305. The van der Waals surface area contributed by atoms with E-state index < -0.39 is 11.8 Å². The number of nitriles is 1. The molecule has 5 nitrogen and oxygen atoms in total. The van der Waals surface area contributed by atoms with Crippen molar-refractivity contribution in [3.63, 3.8) is 0 Å². The van der Waals surface area contributed by atoms with Gasteiger partial charge in [0.25, 0.3) is 0 Å². The summed E-state index contributed by atoms with van der Waals surface area (Å²) in [6.45, 7) is -0.234. The third-order valence-corrected chi connectivity index (χ3v) is 2.09. The summed E-state index contributed by atoms with van der Waals surface area (Å²) in [5, 5.41) is 13.3. The molecule has 1 aromatic rings. The number of carbonyl (C=O) groups is 2. The molecule has 0 aliphatic rings. The van der Waals surface area contributed by atoms with Gasteiger partial charge in [0.05, 0.1) is 6.07 Å². The molecule has 17 heavy (non-hydrogen) atoms. The first-order valence-electron chi connectivity index (χ1n) is 4.45. The van der Waals surface area contributed by atoms with Crippen LogP contribution in [0.1, 0.15) is 0 Å². The minimum absolute atomic E-state index is 0.234. The summed E-state index contributed by atoms with van der Waals surface area (Å²) >= 11 is 11.4. The number of hydrogen-bond donors (Lipinski definition) is 2. The molecule has 0 saturated carbocycles. The number of nitrogens with zero attached hydrogens (tertiary/aromatic N) is 1. The molecule has 1 aromatic carbocycles. The molecule has 0 saturated heterocycles. The molecule has 0 spiro atoms. The van der Waals surface area contributed by atoms with Crippen LogP contribution in [-0.4, -0.2) is 18.4 Å². The molecule has 2 amide bonds. The highest BCUT2D eigenvalue weighted by Gasteiger charge is 2.13. The first-order valence-corrected chi connectivity index (χ1v) is 5.20. The smallest absolute Gasteiger partial charge is 0.313 e. The maximum atomic E-state index is 11.3. The van der Waals surface area contributed by atoms with Gasteiger partial charge in [-0.3, -0.25) is 9.59 Å². The maximum absolute atomic E-state index is 11.3. The molecule has 0 bridgehead atoms. The summed E-state index contributed by atoms with van der Waals surface area (Å²) < 4.78 is 0. The van der Waals surface area contributed by atoms with Crippen LogP contribution in [0.5, 0.6) is 0 Å². The second kappa shape index (κ2) is 6.09. The third kappa shape index (κ3) is 4.31. The topological polar surface area (TPSA) is 82.0 Å². The Bertz CT molecular complexity index is 477. The fourth-order valence-electron chi connectivity index (χ4n) is 1.01. The van der Waals surface area contributed by atoms with E-state index in [-0.39, 0.29) is 6.54 Å². The molecule has 0 heterocycles. The summed E-state index contributed by atoms with van der Waals surface area (Å²) in [7, 11) is 0. The van der Waals surface area contributed by atoms with Crippen molar-refractivity contribution in [3.8, 4) is 6.07 Å². The zero-order valence-corrected chi connectivity index (χ0v) is 9.97. The second-order valence-electron chi connectivity index (χ2n) is 2.95. The Morgan fingerprint density at radius 2 is 1.76 bits per heavy atom. The normalized spacial score (nSPS) is 9.24. The quantitative estimate of drug-likeness (QED) is 0.633. The van der Waals surface area contributed by atoms with Crippen molar-refractivity contribution in [2.45, 2.75) is 0 Å². The van der Waals surface area contributed by atoms with Gasteiger partial charge in [-0.25, -0.2) is 0 Å². The van der Waals surface area contributed by atoms with Gasteiger partial charge in [0.15, 0.2) is 0 Å². The van der Waals surface area contributed by atoms with E-state index in [1.54, 1.807) is 6.07 Å². The summed E-state index contributed by atoms with van der Waals surface area (Å²) in [4.78, 5) is 22.5. The van der Waals surface area contributed by atoms with E-state index in [4.69, 9.17) is 28.5 Å². The number of amides is 2. The lowest BCUT2D eigenvalue weighted by atomic mass is 10.3. The maximum Gasteiger partial charge on any atom is 0.313 e. The third-order valence-electron chi connectivity index (χ3n) is 1.65. The molecular weight excluding hydrogens is 265 g/mol. The average Bonchev–Trinajstić information content (AvgIpc) is 2.24. The fourth-order valence-corrected chi connectivity index (χ4v) is 1.54. The lowest BCUT2D eigenvalue weighted by Gasteiger charge is -2.05. The minimum Gasteiger partial charge on any atom is -0.335 e. The molecule has 0 unspecified atom stereocenters. The van der Waals surface area contributed by atoms with Crippen LogP contribution in [0, 0.1) is 11.3 Å². The Morgan fingerprint density at radius 1 is 1.18 bits per heavy atom. The summed E-state index contributed by atoms with van der Waals surface area (Å²) in [6.07, 6.45) is 0. The van der Waals surface area contributed by atoms with Gasteiger partial charge < -0.3 is 10.6 Å². The van der Waals surface area contributed by atoms with Gasteiger partial charge in [-0.1, -0.05) is 23.2 Å². The fraction of sp³-hybridized carbons (Fsp3) is 0.100. The Balaban J connectivity index is 2.68. The van der Waals surface area contributed by atoms with Gasteiger partial charge in [-0.15, -0.1) is 0 Å². The number of hydrogen-bond acceptors (Lipinski definition) is 3. The number of anilines is 1. The zero-order chi connectivity index (χ0) is 12.8. The molecule has 0 atom stereocenters. The standard InChI is InChI=1S/C10H7Cl2N3O2/c11-6-3-7(12)5-8(4-6)15-10(17)9(16)14-2-1-13/h3-5H,2H2,(H,14,16)(H,15,17). The second-order valence-corrected chi connectivity index (χ2v) is 3.83. The molecule has 0 fully saturated rings. The Labute approximate surface area is 107 Å². The van der Waals surface area contributed by atoms with Crippen LogP contribution in [0.2, 0.25) is 10.0 Å². The molecule has 88 valence electrons. The van der Waals surface area contributed by atoms with Gasteiger partial charge in [0.1, 0.15) is 6.54 Å². The highest BCUT2D eigenvalue weighted by atomic mass is 35.5. The SMILES string of the molecule is N#CCNC(=O)C(=O)Nc1cc(Cl)cc(Cl)c1. The van der Waals surface area contributed by atoms with Crippen molar-refractivity contribution in [1.29, 1.82) is 5.26 Å². The Morgan fingerprint density at radius 3 is 2.29 bits per heavy atom. The molecule has 7 heteroatoms. The van der Waals surface area contributed by atoms with E-state index in [0.29, 0.717) is 15.7 Å². The summed E-state index contributed by atoms with van der Waals surface area (Å²) in [5.74, 6) is -1.79. The predicted octanol–water partition coefficient (Wildman–Crippen LogP) is 1.57. The highest BCUT2D eigenvalue weighted by molar-refractivity contribution is 6.40. The first kappa shape index (κ1) is 13.3. The molecule has 1 rings (SSSR count). The minimum atomic E-state index is -0.900. The van der Waals surface area contributed by atoms with Gasteiger partial charge >= 0.3 is 11.8 Å². The zero-order valence-electron chi connectivity index (χ0n) is 8.46. The van der Waals surface area contributed by atoms with Crippen molar-refractivity contribution < 1.29 is 9.59 Å². The van der Waals surface area contributed by atoms with Crippen LogP contribution in [0.25, 0.3) is 0 Å². The van der Waals surface area contributed by atoms with E-state index >= 15 is 0 Å². The van der Waals surface area contributed by atoms with Gasteiger partial charge in [0, 0.05) is 15.7 Å². The van der Waals surface area contributed by atoms with E-state index in [0.717, 1.165) is 0 Å². The van der Waals surface area contributed by atoms with E-state index in [2.05, 4.69) is 10.6 Å². The number of benzene rings is 1. The predicted molar refractivity (Wildman–Crippen MR) is 63.7 cm³/mol. The molecule has 0 aromatic heterocycles. The average molecular weight is 272 g/mol. The van der Waals surface area contributed by atoms with Crippen LogP contribution < -0.4 is 10.6 Å². The molecule has 0 radical (unpaired) electrons. The van der Waals surface area contributed by atoms with Crippen LogP contribution in [0.15, 0.2) is 18.2 Å². The molecule has 2 N–H and O–H groups in total. The van der Waals surface area contributed by atoms with E-state index in [1.165, 1.54) is 18.2 Å². The highest BCUT2D eigenvalue weighted by Crippen LogP contribution is 2.22. The van der Waals surface area contributed by atoms with Crippen molar-refractivity contribution in [1.82, 2.24) is 5.32 Å². The Hall–Kier alpha value is -1.77. The largest absolute Gasteiger partial charge is 0.335 e. The summed E-state index contributed by atoms with van der Waals surface area (Å²) in [6, 6.07) is 6.07. The lowest BCUT2D eigenvalue weighted by molar-refractivity contribution is -0.136. The van der Waals surface area contributed by atoms with E-state index in [9.17, 15) is 9.59 Å². The van der Waals surface area contributed by atoms with Crippen molar-refractivity contribution in [2.24, 2.45) is 0 Å². The van der Waals surface area contributed by atoms with Crippen LogP contribution in [0.3, 0.4) is 0 Å². The number of nitrogens with one attached hydrogen (secondary N) is 2. The lowest BCUT2D eigenvalue weighted by Crippen LogP contribution is -2.35. The van der Waals surface area contributed by atoms with Crippen molar-refractivity contribution >= 4 is 40.7 Å². The van der Waals surface area contributed by atoms with Crippen LogP contribution in [0.4, 0.5) is 5.69 Å². The van der Waals surface area contributed by atoms with Crippen LogP contribution >= 0.6 is 23.2 Å².